The second-order valence-corrected chi connectivity index (χ2v) is 7.12. The van der Waals surface area contributed by atoms with Gasteiger partial charge in [0.15, 0.2) is 0 Å². The second kappa shape index (κ2) is 7.10. The molecule has 3 rings (SSSR count). The fourth-order valence-corrected chi connectivity index (χ4v) is 4.36. The fourth-order valence-electron chi connectivity index (χ4n) is 4.11. The molecule has 126 valence electrons. The molecule has 0 radical (unpaired) electrons. The topological polar surface area (TPSA) is 47.6 Å². The first-order valence-corrected chi connectivity index (χ1v) is 8.70. The van der Waals surface area contributed by atoms with Crippen molar-refractivity contribution in [2.24, 2.45) is 11.8 Å². The molecule has 0 heterocycles. The predicted octanol–water partition coefficient (Wildman–Crippen LogP) is 4.33. The molecule has 1 aromatic rings. The Morgan fingerprint density at radius 1 is 1.30 bits per heavy atom. The van der Waals surface area contributed by atoms with E-state index in [0.29, 0.717) is 10.9 Å². The van der Waals surface area contributed by atoms with Gasteiger partial charge in [0.1, 0.15) is 12.2 Å². The van der Waals surface area contributed by atoms with E-state index < -0.39 is 6.10 Å². The van der Waals surface area contributed by atoms with Crippen molar-refractivity contribution < 1.29 is 14.3 Å². The summed E-state index contributed by atoms with van der Waals surface area (Å²) in [7, 11) is 1.60. The molecular weight excluding hydrogens is 314 g/mol. The third kappa shape index (κ3) is 3.64. The molecule has 5 heteroatoms. The number of nitrogens with one attached hydrogen (secondary N) is 1. The standard InChI is InChI=1S/C18H24ClNO3/c1-11(17(22-2)14-5-3-4-6-15(14)19)23-18(21)20-16-10-12-7-8-13(16)9-12/h3-6,11-13,16-17H,7-10H2,1-2H3,(H,20,21)/t11-,12?,13?,16?,17+/m1/s1. The van der Waals surface area contributed by atoms with Crippen LogP contribution in [-0.4, -0.2) is 25.3 Å². The number of benzene rings is 1. The monoisotopic (exact) mass is 337 g/mol. The van der Waals surface area contributed by atoms with E-state index in [-0.39, 0.29) is 18.2 Å². The number of fused-ring (bicyclic) bond motifs is 2. The van der Waals surface area contributed by atoms with E-state index in [1.165, 1.54) is 19.3 Å². The van der Waals surface area contributed by atoms with Crippen molar-refractivity contribution in [2.75, 3.05) is 7.11 Å². The van der Waals surface area contributed by atoms with Gasteiger partial charge in [0, 0.05) is 23.7 Å². The van der Waals surface area contributed by atoms with Gasteiger partial charge in [0.2, 0.25) is 0 Å². The Morgan fingerprint density at radius 2 is 2.09 bits per heavy atom. The number of methoxy groups -OCH3 is 1. The number of amides is 1. The molecule has 0 saturated heterocycles. The van der Waals surface area contributed by atoms with Gasteiger partial charge in [-0.2, -0.15) is 0 Å². The normalized spacial score (nSPS) is 28.4. The Balaban J connectivity index is 1.57. The molecule has 1 amide bonds. The van der Waals surface area contributed by atoms with Crippen LogP contribution in [0.1, 0.15) is 44.3 Å². The summed E-state index contributed by atoms with van der Waals surface area (Å²) < 4.78 is 11.1. The van der Waals surface area contributed by atoms with Gasteiger partial charge in [-0.25, -0.2) is 4.79 Å². The van der Waals surface area contributed by atoms with E-state index in [0.717, 1.165) is 17.9 Å². The molecule has 2 aliphatic carbocycles. The van der Waals surface area contributed by atoms with E-state index >= 15 is 0 Å². The molecular formula is C18H24ClNO3. The van der Waals surface area contributed by atoms with Crippen LogP contribution < -0.4 is 5.32 Å². The minimum Gasteiger partial charge on any atom is -0.443 e. The number of ether oxygens (including phenoxy) is 2. The molecule has 1 aromatic carbocycles. The summed E-state index contributed by atoms with van der Waals surface area (Å²) in [4.78, 5) is 12.2. The highest BCUT2D eigenvalue weighted by Crippen LogP contribution is 2.44. The van der Waals surface area contributed by atoms with Crippen molar-refractivity contribution in [3.63, 3.8) is 0 Å². The van der Waals surface area contributed by atoms with E-state index in [9.17, 15) is 4.79 Å². The van der Waals surface area contributed by atoms with Crippen molar-refractivity contribution in [2.45, 2.75) is 50.9 Å². The minimum atomic E-state index is -0.418. The summed E-state index contributed by atoms with van der Waals surface area (Å²) >= 11 is 6.22. The summed E-state index contributed by atoms with van der Waals surface area (Å²) in [6.07, 6.45) is 3.72. The van der Waals surface area contributed by atoms with Crippen LogP contribution in [0.2, 0.25) is 5.02 Å². The molecule has 2 saturated carbocycles. The lowest BCUT2D eigenvalue weighted by molar-refractivity contribution is -0.0160. The third-order valence-electron chi connectivity index (χ3n) is 5.23. The summed E-state index contributed by atoms with van der Waals surface area (Å²) in [5.41, 5.74) is 0.830. The minimum absolute atomic E-state index is 0.273. The molecule has 0 aromatic heterocycles. The first-order valence-electron chi connectivity index (χ1n) is 8.33. The molecule has 0 aliphatic heterocycles. The SMILES string of the molecule is CO[C@H](c1ccccc1Cl)[C@@H](C)OC(=O)NC1CC2CCC1C2. The van der Waals surface area contributed by atoms with Gasteiger partial charge in [-0.15, -0.1) is 0 Å². The van der Waals surface area contributed by atoms with Gasteiger partial charge < -0.3 is 14.8 Å². The maximum Gasteiger partial charge on any atom is 0.407 e. The van der Waals surface area contributed by atoms with Gasteiger partial charge in [0.25, 0.3) is 0 Å². The summed E-state index contributed by atoms with van der Waals surface area (Å²) in [5.74, 6) is 1.42. The van der Waals surface area contributed by atoms with E-state index in [4.69, 9.17) is 21.1 Å². The Morgan fingerprint density at radius 3 is 2.70 bits per heavy atom. The van der Waals surface area contributed by atoms with Crippen LogP contribution in [0.4, 0.5) is 4.79 Å². The molecule has 0 spiro atoms. The molecule has 2 aliphatic rings. The maximum absolute atomic E-state index is 12.2. The van der Waals surface area contributed by atoms with Gasteiger partial charge in [0.05, 0.1) is 0 Å². The van der Waals surface area contributed by atoms with Crippen LogP contribution in [0.3, 0.4) is 0 Å². The Bertz CT molecular complexity index is 565. The lowest BCUT2D eigenvalue weighted by Gasteiger charge is -2.27. The zero-order chi connectivity index (χ0) is 16.4. The van der Waals surface area contributed by atoms with Crippen molar-refractivity contribution in [3.8, 4) is 0 Å². The number of rotatable bonds is 5. The van der Waals surface area contributed by atoms with Crippen LogP contribution in [-0.2, 0) is 9.47 Å². The van der Waals surface area contributed by atoms with Crippen molar-refractivity contribution in [1.82, 2.24) is 5.32 Å². The highest BCUT2D eigenvalue weighted by atomic mass is 35.5. The predicted molar refractivity (Wildman–Crippen MR) is 89.5 cm³/mol. The third-order valence-corrected chi connectivity index (χ3v) is 5.57. The summed E-state index contributed by atoms with van der Waals surface area (Å²) in [6, 6.07) is 7.74. The molecule has 5 atom stereocenters. The van der Waals surface area contributed by atoms with Crippen LogP contribution >= 0.6 is 11.6 Å². The summed E-state index contributed by atoms with van der Waals surface area (Å²) in [5, 5.41) is 3.65. The van der Waals surface area contributed by atoms with E-state index in [2.05, 4.69) is 5.32 Å². The van der Waals surface area contributed by atoms with Crippen molar-refractivity contribution in [3.05, 3.63) is 34.9 Å². The van der Waals surface area contributed by atoms with Gasteiger partial charge in [-0.05, 0) is 44.1 Å². The Labute approximate surface area is 142 Å². The first-order chi connectivity index (χ1) is 11.1. The number of hydrogen-bond donors (Lipinski definition) is 1. The van der Waals surface area contributed by atoms with Crippen LogP contribution in [0.15, 0.2) is 24.3 Å². The molecule has 2 fully saturated rings. The average Bonchev–Trinajstić information content (AvgIpc) is 3.12. The molecule has 2 bridgehead atoms. The van der Waals surface area contributed by atoms with E-state index in [1.54, 1.807) is 7.11 Å². The maximum atomic E-state index is 12.2. The fraction of sp³-hybridized carbons (Fsp3) is 0.611. The first kappa shape index (κ1) is 16.6. The number of halogens is 1. The smallest absolute Gasteiger partial charge is 0.407 e. The van der Waals surface area contributed by atoms with Gasteiger partial charge in [-0.3, -0.25) is 0 Å². The second-order valence-electron chi connectivity index (χ2n) is 6.71. The molecule has 1 N–H and O–H groups in total. The number of alkyl carbamates (subject to hydrolysis) is 1. The number of carbonyl (C=O) groups excluding carboxylic acids is 1. The van der Waals surface area contributed by atoms with Crippen molar-refractivity contribution in [1.29, 1.82) is 0 Å². The van der Waals surface area contributed by atoms with Crippen LogP contribution in [0, 0.1) is 11.8 Å². The largest absolute Gasteiger partial charge is 0.443 e. The van der Waals surface area contributed by atoms with Gasteiger partial charge in [-0.1, -0.05) is 36.2 Å². The molecule has 4 nitrogen and oxygen atoms in total. The number of carbonyl (C=O) groups is 1. The zero-order valence-electron chi connectivity index (χ0n) is 13.6. The highest BCUT2D eigenvalue weighted by Gasteiger charge is 2.40. The highest BCUT2D eigenvalue weighted by molar-refractivity contribution is 6.31. The zero-order valence-corrected chi connectivity index (χ0v) is 14.4. The van der Waals surface area contributed by atoms with E-state index in [1.807, 2.05) is 31.2 Å². The summed E-state index contributed by atoms with van der Waals surface area (Å²) in [6.45, 7) is 1.83. The van der Waals surface area contributed by atoms with Gasteiger partial charge >= 0.3 is 6.09 Å². The lowest BCUT2D eigenvalue weighted by Crippen LogP contribution is -2.40. The Kier molecular flexibility index (Phi) is 5.12. The quantitative estimate of drug-likeness (QED) is 0.869. The average molecular weight is 338 g/mol. The van der Waals surface area contributed by atoms with Crippen molar-refractivity contribution >= 4 is 17.7 Å². The van der Waals surface area contributed by atoms with Crippen LogP contribution in [0.5, 0.6) is 0 Å². The Hall–Kier alpha value is -1.26. The molecule has 3 unspecified atom stereocenters. The lowest BCUT2D eigenvalue weighted by atomic mass is 9.96. The van der Waals surface area contributed by atoms with Crippen LogP contribution in [0.25, 0.3) is 0 Å². The number of hydrogen-bond acceptors (Lipinski definition) is 3. The molecule has 23 heavy (non-hydrogen) atoms.